The average molecular weight is 421 g/mol. The molecule has 5 heteroatoms. The highest BCUT2D eigenvalue weighted by Gasteiger charge is 2.27. The SMILES string of the molecule is COc1cc2[nH]c3c(c2cc1C(=O)N1CCC(Cc2ccc(F)cc2)CC1)CCCC3. The van der Waals surface area contributed by atoms with E-state index in [4.69, 9.17) is 4.74 Å². The Morgan fingerprint density at radius 2 is 1.87 bits per heavy atom. The lowest BCUT2D eigenvalue weighted by atomic mass is 9.90. The zero-order valence-electron chi connectivity index (χ0n) is 18.0. The number of halogens is 1. The number of likely N-dealkylation sites (tertiary alicyclic amines) is 1. The van der Waals surface area contributed by atoms with Gasteiger partial charge in [-0.2, -0.15) is 0 Å². The maximum absolute atomic E-state index is 13.4. The van der Waals surface area contributed by atoms with Gasteiger partial charge in [0.05, 0.1) is 12.7 Å². The van der Waals surface area contributed by atoms with Gasteiger partial charge in [-0.1, -0.05) is 12.1 Å². The highest BCUT2D eigenvalue weighted by molar-refractivity contribution is 6.02. The van der Waals surface area contributed by atoms with Gasteiger partial charge < -0.3 is 14.6 Å². The number of benzene rings is 2. The highest BCUT2D eigenvalue weighted by Crippen LogP contribution is 2.34. The van der Waals surface area contributed by atoms with Crippen LogP contribution < -0.4 is 4.74 Å². The zero-order chi connectivity index (χ0) is 21.4. The minimum Gasteiger partial charge on any atom is -0.496 e. The number of fused-ring (bicyclic) bond motifs is 3. The number of nitrogens with one attached hydrogen (secondary N) is 1. The Bertz CT molecular complexity index is 1090. The summed E-state index contributed by atoms with van der Waals surface area (Å²) in [7, 11) is 1.63. The number of rotatable bonds is 4. The zero-order valence-corrected chi connectivity index (χ0v) is 18.0. The van der Waals surface area contributed by atoms with Crippen molar-refractivity contribution in [3.63, 3.8) is 0 Å². The minimum atomic E-state index is -0.196. The Balaban J connectivity index is 1.32. The van der Waals surface area contributed by atoms with Crippen LogP contribution in [0.4, 0.5) is 4.39 Å². The van der Waals surface area contributed by atoms with Crippen LogP contribution >= 0.6 is 0 Å². The molecule has 1 fully saturated rings. The van der Waals surface area contributed by atoms with Crippen molar-refractivity contribution in [2.45, 2.75) is 44.9 Å². The summed E-state index contributed by atoms with van der Waals surface area (Å²) in [6.07, 6.45) is 7.45. The second kappa shape index (κ2) is 8.37. The molecule has 1 aliphatic carbocycles. The number of carbonyl (C=O) groups is 1. The Labute approximate surface area is 182 Å². The molecule has 2 aliphatic rings. The van der Waals surface area contributed by atoms with E-state index < -0.39 is 0 Å². The second-order valence-corrected chi connectivity index (χ2v) is 8.95. The molecule has 0 radical (unpaired) electrons. The Hall–Kier alpha value is -2.82. The molecule has 1 amide bonds. The predicted molar refractivity (Wildman–Crippen MR) is 120 cm³/mol. The van der Waals surface area contributed by atoms with Gasteiger partial charge >= 0.3 is 0 Å². The van der Waals surface area contributed by atoms with Crippen LogP contribution in [0.25, 0.3) is 10.9 Å². The summed E-state index contributed by atoms with van der Waals surface area (Å²) < 4.78 is 18.8. The van der Waals surface area contributed by atoms with Crippen molar-refractivity contribution >= 4 is 16.8 Å². The minimum absolute atomic E-state index is 0.0599. The molecule has 0 saturated carbocycles. The molecule has 31 heavy (non-hydrogen) atoms. The topological polar surface area (TPSA) is 45.3 Å². The molecule has 0 atom stereocenters. The molecule has 5 rings (SSSR count). The number of aryl methyl sites for hydroxylation is 2. The lowest BCUT2D eigenvalue weighted by Gasteiger charge is -2.32. The first kappa shape index (κ1) is 20.1. The fraction of sp³-hybridized carbons (Fsp3) is 0.423. The standard InChI is InChI=1S/C26H29FN2O2/c1-31-25-16-24-21(20-4-2-3-5-23(20)28-24)15-22(25)26(30)29-12-10-18(11-13-29)14-17-6-8-19(27)9-7-17/h6-9,15-16,18,28H,2-5,10-14H2,1H3. The van der Waals surface area contributed by atoms with Crippen molar-refractivity contribution in [2.24, 2.45) is 5.92 Å². The number of H-pyrrole nitrogens is 1. The molecule has 1 N–H and O–H groups in total. The fourth-order valence-electron chi connectivity index (χ4n) is 5.24. The normalized spacial score (nSPS) is 17.0. The van der Waals surface area contributed by atoms with Crippen molar-refractivity contribution < 1.29 is 13.9 Å². The van der Waals surface area contributed by atoms with E-state index in [9.17, 15) is 9.18 Å². The van der Waals surface area contributed by atoms with Crippen LogP contribution in [-0.2, 0) is 19.3 Å². The van der Waals surface area contributed by atoms with Gasteiger partial charge in [-0.05, 0) is 80.2 Å². The third-order valence-corrected chi connectivity index (χ3v) is 6.99. The third kappa shape index (κ3) is 3.93. The van der Waals surface area contributed by atoms with E-state index in [0.717, 1.165) is 56.3 Å². The van der Waals surface area contributed by atoms with Crippen molar-refractivity contribution in [1.82, 2.24) is 9.88 Å². The first-order valence-corrected chi connectivity index (χ1v) is 11.4. The van der Waals surface area contributed by atoms with Crippen LogP contribution in [0.2, 0.25) is 0 Å². The van der Waals surface area contributed by atoms with Crippen molar-refractivity contribution in [3.8, 4) is 5.75 Å². The summed E-state index contributed by atoms with van der Waals surface area (Å²) in [6.45, 7) is 1.49. The third-order valence-electron chi connectivity index (χ3n) is 6.99. The van der Waals surface area contributed by atoms with Gasteiger partial charge in [0.25, 0.3) is 5.91 Å². The van der Waals surface area contributed by atoms with Crippen LogP contribution in [0.5, 0.6) is 5.75 Å². The van der Waals surface area contributed by atoms with Crippen LogP contribution in [0, 0.1) is 11.7 Å². The smallest absolute Gasteiger partial charge is 0.257 e. The number of aromatic nitrogens is 1. The molecule has 162 valence electrons. The molecule has 3 aromatic rings. The summed E-state index contributed by atoms with van der Waals surface area (Å²) in [5.41, 5.74) is 5.58. The maximum atomic E-state index is 13.4. The van der Waals surface area contributed by atoms with E-state index >= 15 is 0 Å². The number of nitrogens with zero attached hydrogens (tertiary/aromatic N) is 1. The van der Waals surface area contributed by atoms with Gasteiger partial charge in [-0.25, -0.2) is 4.39 Å². The number of amides is 1. The van der Waals surface area contributed by atoms with Crippen LogP contribution in [0.1, 0.15) is 52.9 Å². The largest absolute Gasteiger partial charge is 0.496 e. The monoisotopic (exact) mass is 420 g/mol. The fourth-order valence-corrected chi connectivity index (χ4v) is 5.24. The Morgan fingerprint density at radius 3 is 2.61 bits per heavy atom. The van der Waals surface area contributed by atoms with Gasteiger partial charge in [0.15, 0.2) is 0 Å². The van der Waals surface area contributed by atoms with E-state index in [1.165, 1.54) is 41.6 Å². The lowest BCUT2D eigenvalue weighted by molar-refractivity contribution is 0.0687. The molecule has 2 aromatic carbocycles. The molecule has 0 bridgehead atoms. The first-order valence-electron chi connectivity index (χ1n) is 11.4. The van der Waals surface area contributed by atoms with Gasteiger partial charge in [0.1, 0.15) is 11.6 Å². The number of ether oxygens (including phenoxy) is 1. The number of aromatic amines is 1. The van der Waals surface area contributed by atoms with Crippen molar-refractivity contribution in [3.05, 3.63) is 64.6 Å². The highest BCUT2D eigenvalue weighted by atomic mass is 19.1. The van der Waals surface area contributed by atoms with E-state index in [-0.39, 0.29) is 11.7 Å². The lowest BCUT2D eigenvalue weighted by Crippen LogP contribution is -2.39. The molecular weight excluding hydrogens is 391 g/mol. The van der Waals surface area contributed by atoms with Gasteiger partial charge in [0.2, 0.25) is 0 Å². The van der Waals surface area contributed by atoms with Crippen LogP contribution in [-0.4, -0.2) is 36.0 Å². The van der Waals surface area contributed by atoms with Crippen LogP contribution in [0.15, 0.2) is 36.4 Å². The summed E-state index contributed by atoms with van der Waals surface area (Å²) >= 11 is 0. The van der Waals surface area contributed by atoms with Crippen molar-refractivity contribution in [2.75, 3.05) is 20.2 Å². The second-order valence-electron chi connectivity index (χ2n) is 8.95. The maximum Gasteiger partial charge on any atom is 0.257 e. The number of hydrogen-bond acceptors (Lipinski definition) is 2. The number of hydrogen-bond donors (Lipinski definition) is 1. The van der Waals surface area contributed by atoms with Gasteiger partial charge in [0, 0.05) is 35.8 Å². The summed E-state index contributed by atoms with van der Waals surface area (Å²) in [6, 6.07) is 10.8. The molecule has 0 spiro atoms. The molecule has 2 heterocycles. The first-order chi connectivity index (χ1) is 15.1. The summed E-state index contributed by atoms with van der Waals surface area (Å²) in [5, 5.41) is 1.17. The van der Waals surface area contributed by atoms with Gasteiger partial charge in [-0.15, -0.1) is 0 Å². The van der Waals surface area contributed by atoms with E-state index in [1.54, 1.807) is 7.11 Å². The van der Waals surface area contributed by atoms with E-state index in [0.29, 0.717) is 17.2 Å². The van der Waals surface area contributed by atoms with E-state index in [2.05, 4.69) is 4.98 Å². The number of carbonyl (C=O) groups excluding carboxylic acids is 1. The van der Waals surface area contributed by atoms with Crippen LogP contribution in [0.3, 0.4) is 0 Å². The molecule has 0 unspecified atom stereocenters. The Kier molecular flexibility index (Phi) is 5.43. The molecular formula is C26H29FN2O2. The van der Waals surface area contributed by atoms with E-state index in [1.807, 2.05) is 29.2 Å². The quantitative estimate of drug-likeness (QED) is 0.623. The molecule has 1 saturated heterocycles. The summed E-state index contributed by atoms with van der Waals surface area (Å²) in [5.74, 6) is 1.03. The van der Waals surface area contributed by atoms with Crippen molar-refractivity contribution in [1.29, 1.82) is 0 Å². The summed E-state index contributed by atoms with van der Waals surface area (Å²) in [4.78, 5) is 18.9. The predicted octanol–water partition coefficient (Wildman–Crippen LogP) is 5.29. The number of methoxy groups -OCH3 is 1. The molecule has 1 aliphatic heterocycles. The molecule has 4 nitrogen and oxygen atoms in total. The average Bonchev–Trinajstić information content (AvgIpc) is 3.17. The molecule has 1 aromatic heterocycles. The number of piperidine rings is 1. The van der Waals surface area contributed by atoms with Gasteiger partial charge in [-0.3, -0.25) is 4.79 Å². The Morgan fingerprint density at radius 1 is 1.13 bits per heavy atom.